The van der Waals surface area contributed by atoms with Crippen LogP contribution in [0.4, 0.5) is 10.1 Å². The number of ether oxygens (including phenoxy) is 1. The fraction of sp³-hybridized carbons (Fsp3) is 0.250. The van der Waals surface area contributed by atoms with Crippen LogP contribution in [0.25, 0.3) is 0 Å². The van der Waals surface area contributed by atoms with Gasteiger partial charge in [-0.3, -0.25) is 4.79 Å². The van der Waals surface area contributed by atoms with E-state index in [4.69, 9.17) is 16.3 Å². The normalized spacial score (nSPS) is 9.50. The number of nitrogens with zero attached hydrogens (tertiary/aromatic N) is 1. The summed E-state index contributed by atoms with van der Waals surface area (Å²) in [6.07, 6.45) is 1.25. The van der Waals surface area contributed by atoms with Crippen molar-refractivity contribution in [2.75, 3.05) is 12.4 Å². The predicted molar refractivity (Wildman–Crippen MR) is 86.1 cm³/mol. The van der Waals surface area contributed by atoms with Gasteiger partial charge in [0.15, 0.2) is 0 Å². The number of anilines is 1. The summed E-state index contributed by atoms with van der Waals surface area (Å²) in [6, 6.07) is 8.46. The molecule has 0 saturated heterocycles. The van der Waals surface area contributed by atoms with E-state index in [1.807, 2.05) is 0 Å². The molecule has 0 saturated carbocycles. The molecule has 22 heavy (non-hydrogen) atoms. The van der Waals surface area contributed by atoms with Gasteiger partial charge in [-0.15, -0.1) is 0 Å². The molecule has 1 heterocycles. The quantitative estimate of drug-likeness (QED) is 0.842. The Morgan fingerprint density at radius 3 is 2.32 bits per heavy atom. The highest BCUT2D eigenvalue weighted by Gasteiger charge is 2.12. The third-order valence-electron chi connectivity index (χ3n) is 2.38. The van der Waals surface area contributed by atoms with E-state index in [0.717, 1.165) is 0 Å². The first-order chi connectivity index (χ1) is 10.5. The van der Waals surface area contributed by atoms with Crippen molar-refractivity contribution in [3.8, 4) is 5.88 Å². The van der Waals surface area contributed by atoms with E-state index in [2.05, 4.69) is 24.1 Å². The van der Waals surface area contributed by atoms with E-state index in [0.29, 0.717) is 11.6 Å². The van der Waals surface area contributed by atoms with Crippen molar-refractivity contribution in [1.29, 1.82) is 0 Å². The van der Waals surface area contributed by atoms with Crippen LogP contribution in [-0.2, 0) is 0 Å². The van der Waals surface area contributed by atoms with Crippen molar-refractivity contribution in [1.82, 2.24) is 4.98 Å². The van der Waals surface area contributed by atoms with Gasteiger partial charge in [-0.25, -0.2) is 9.37 Å². The molecular weight excluding hydrogens is 307 g/mol. The Kier molecular flexibility index (Phi) is 7.32. The first-order valence-corrected chi connectivity index (χ1v) is 7.17. The van der Waals surface area contributed by atoms with Gasteiger partial charge in [0.25, 0.3) is 5.91 Å². The zero-order chi connectivity index (χ0) is 16.5. The van der Waals surface area contributed by atoms with Crippen LogP contribution in [0.2, 0.25) is 5.15 Å². The van der Waals surface area contributed by atoms with Gasteiger partial charge < -0.3 is 10.1 Å². The van der Waals surface area contributed by atoms with E-state index in [9.17, 15) is 9.18 Å². The summed E-state index contributed by atoms with van der Waals surface area (Å²) in [6.45, 7) is 4.25. The zero-order valence-electron chi connectivity index (χ0n) is 12.7. The molecule has 0 fully saturated rings. The molecule has 0 aliphatic carbocycles. The summed E-state index contributed by atoms with van der Waals surface area (Å²) in [5.41, 5.74) is 0.685. The monoisotopic (exact) mass is 324 g/mol. The van der Waals surface area contributed by atoms with Crippen LogP contribution in [0.5, 0.6) is 5.88 Å². The van der Waals surface area contributed by atoms with Crippen LogP contribution >= 0.6 is 11.6 Å². The maximum absolute atomic E-state index is 12.7. The highest BCUT2D eigenvalue weighted by atomic mass is 35.5. The van der Waals surface area contributed by atoms with E-state index >= 15 is 0 Å². The molecule has 0 atom stereocenters. The second-order valence-electron chi connectivity index (χ2n) is 4.36. The molecule has 1 aromatic carbocycles. The maximum atomic E-state index is 12.7. The lowest BCUT2D eigenvalue weighted by Crippen LogP contribution is -2.13. The molecule has 0 spiro atoms. The first kappa shape index (κ1) is 17.9. The van der Waals surface area contributed by atoms with Gasteiger partial charge in [-0.1, -0.05) is 31.9 Å². The molecule has 0 radical (unpaired) electrons. The molecule has 4 nitrogen and oxygen atoms in total. The summed E-state index contributed by atoms with van der Waals surface area (Å²) < 4.78 is 17.6. The number of halogens is 2. The maximum Gasteiger partial charge on any atom is 0.258 e. The first-order valence-electron chi connectivity index (χ1n) is 6.79. The number of carbonyl (C=O) groups excluding carboxylic acids is 1. The Morgan fingerprint density at radius 1 is 1.23 bits per heavy atom. The summed E-state index contributed by atoms with van der Waals surface area (Å²) in [4.78, 5) is 15.8. The fourth-order valence-electron chi connectivity index (χ4n) is 1.43. The van der Waals surface area contributed by atoms with Crippen molar-refractivity contribution in [2.24, 2.45) is 0 Å². The average Bonchev–Trinajstić information content (AvgIpc) is 2.50. The lowest BCUT2D eigenvalue weighted by Gasteiger charge is -2.07. The molecule has 0 unspecified atom stereocenters. The SMILES string of the molecule is CCC.COc1ccc(C(=O)Nc2ccc(F)cc2)c(Cl)n1. The van der Waals surface area contributed by atoms with Gasteiger partial charge in [0.05, 0.1) is 12.7 Å². The minimum absolute atomic E-state index is 0.0407. The Balaban J connectivity index is 0.000000745. The fourth-order valence-corrected chi connectivity index (χ4v) is 1.66. The van der Waals surface area contributed by atoms with Gasteiger partial charge in [-0.05, 0) is 30.3 Å². The lowest BCUT2D eigenvalue weighted by atomic mass is 10.2. The third kappa shape index (κ3) is 5.33. The number of rotatable bonds is 3. The van der Waals surface area contributed by atoms with Crippen LogP contribution in [0.3, 0.4) is 0 Å². The standard InChI is InChI=1S/C13H10ClFN2O2.C3H8/c1-19-11-7-6-10(12(14)17-11)13(18)16-9-4-2-8(15)3-5-9;1-3-2/h2-7H,1H3,(H,16,18);3H2,1-2H3. The molecule has 2 aromatic rings. The molecule has 1 N–H and O–H groups in total. The lowest BCUT2D eigenvalue weighted by molar-refractivity contribution is 0.102. The van der Waals surface area contributed by atoms with Crippen LogP contribution < -0.4 is 10.1 Å². The number of carbonyl (C=O) groups is 1. The number of nitrogens with one attached hydrogen (secondary N) is 1. The molecule has 0 bridgehead atoms. The van der Waals surface area contributed by atoms with Gasteiger partial charge in [0.1, 0.15) is 11.0 Å². The minimum Gasteiger partial charge on any atom is -0.481 e. The Labute approximate surface area is 134 Å². The molecular formula is C16H18ClFN2O2. The summed E-state index contributed by atoms with van der Waals surface area (Å²) in [5, 5.41) is 2.63. The van der Waals surface area contributed by atoms with Gasteiger partial charge in [-0.2, -0.15) is 0 Å². The minimum atomic E-state index is -0.424. The van der Waals surface area contributed by atoms with Gasteiger partial charge >= 0.3 is 0 Å². The summed E-state index contributed by atoms with van der Waals surface area (Å²) in [7, 11) is 1.46. The summed E-state index contributed by atoms with van der Waals surface area (Å²) in [5.74, 6) is -0.475. The molecule has 0 aliphatic heterocycles. The highest BCUT2D eigenvalue weighted by molar-refractivity contribution is 6.33. The average molecular weight is 325 g/mol. The molecule has 0 aliphatic rings. The van der Waals surface area contributed by atoms with Crippen molar-refractivity contribution < 1.29 is 13.9 Å². The van der Waals surface area contributed by atoms with Gasteiger partial charge in [0, 0.05) is 11.8 Å². The number of methoxy groups -OCH3 is 1. The van der Waals surface area contributed by atoms with Crippen molar-refractivity contribution in [3.63, 3.8) is 0 Å². The Bertz CT molecular complexity index is 618. The smallest absolute Gasteiger partial charge is 0.258 e. The highest BCUT2D eigenvalue weighted by Crippen LogP contribution is 2.19. The number of aromatic nitrogens is 1. The number of pyridine rings is 1. The van der Waals surface area contributed by atoms with Gasteiger partial charge in [0.2, 0.25) is 5.88 Å². The molecule has 6 heteroatoms. The second kappa shape index (κ2) is 9.00. The predicted octanol–water partition coefficient (Wildman–Crippen LogP) is 4.55. The third-order valence-corrected chi connectivity index (χ3v) is 2.67. The number of hydrogen-bond acceptors (Lipinski definition) is 3. The molecule has 1 amide bonds. The van der Waals surface area contributed by atoms with Crippen LogP contribution in [0, 0.1) is 5.82 Å². The number of hydrogen-bond donors (Lipinski definition) is 1. The van der Waals surface area contributed by atoms with Crippen molar-refractivity contribution in [2.45, 2.75) is 20.3 Å². The second-order valence-corrected chi connectivity index (χ2v) is 4.72. The Morgan fingerprint density at radius 2 is 1.82 bits per heavy atom. The Hall–Kier alpha value is -2.14. The largest absolute Gasteiger partial charge is 0.481 e. The van der Waals surface area contributed by atoms with Crippen molar-refractivity contribution >= 4 is 23.2 Å². The van der Waals surface area contributed by atoms with Crippen molar-refractivity contribution in [3.05, 3.63) is 52.9 Å². The van der Waals surface area contributed by atoms with E-state index in [1.54, 1.807) is 0 Å². The van der Waals surface area contributed by atoms with E-state index in [-0.39, 0.29) is 16.5 Å². The zero-order valence-corrected chi connectivity index (χ0v) is 13.4. The summed E-state index contributed by atoms with van der Waals surface area (Å²) >= 11 is 5.88. The van der Waals surface area contributed by atoms with E-state index in [1.165, 1.54) is 49.9 Å². The van der Waals surface area contributed by atoms with E-state index < -0.39 is 5.91 Å². The topological polar surface area (TPSA) is 51.2 Å². The molecule has 1 aromatic heterocycles. The number of benzene rings is 1. The molecule has 2 rings (SSSR count). The molecule has 118 valence electrons. The van der Waals surface area contributed by atoms with Crippen LogP contribution in [-0.4, -0.2) is 18.0 Å². The number of amides is 1. The van der Waals surface area contributed by atoms with Crippen LogP contribution in [0.15, 0.2) is 36.4 Å². The van der Waals surface area contributed by atoms with Crippen LogP contribution in [0.1, 0.15) is 30.6 Å².